The molecule has 1 aromatic carbocycles. The fourth-order valence-electron chi connectivity index (χ4n) is 1.39. The molecule has 5 heteroatoms. The van der Waals surface area contributed by atoms with Crippen LogP contribution in [0.3, 0.4) is 0 Å². The summed E-state index contributed by atoms with van der Waals surface area (Å²) in [5.41, 5.74) is 7.58. The number of Topliss-reactive ketones (excluding diaryl/α,β-unsaturated/α-hetero) is 1. The number of benzene rings is 1. The van der Waals surface area contributed by atoms with Crippen molar-refractivity contribution in [3.05, 3.63) is 42.2 Å². The number of anilines is 3. The maximum absolute atomic E-state index is 11.2. The van der Waals surface area contributed by atoms with Crippen LogP contribution in [-0.4, -0.2) is 15.8 Å². The van der Waals surface area contributed by atoms with E-state index in [-0.39, 0.29) is 11.7 Å². The van der Waals surface area contributed by atoms with Crippen molar-refractivity contribution < 1.29 is 4.79 Å². The molecule has 0 unspecified atom stereocenters. The Morgan fingerprint density at radius 3 is 2.59 bits per heavy atom. The Bertz CT molecular complexity index is 536. The number of nitrogen functional groups attached to an aromatic ring is 1. The predicted octanol–water partition coefficient (Wildman–Crippen LogP) is 2.00. The topological polar surface area (TPSA) is 80.9 Å². The lowest BCUT2D eigenvalue weighted by molar-refractivity contribution is 0.101. The van der Waals surface area contributed by atoms with Crippen molar-refractivity contribution in [1.82, 2.24) is 9.97 Å². The minimum atomic E-state index is 0.0298. The number of hydrogen-bond donors (Lipinski definition) is 2. The highest BCUT2D eigenvalue weighted by molar-refractivity contribution is 5.95. The molecule has 0 bridgehead atoms. The first-order valence-corrected chi connectivity index (χ1v) is 5.11. The Morgan fingerprint density at radius 2 is 1.94 bits per heavy atom. The van der Waals surface area contributed by atoms with Crippen LogP contribution in [0.5, 0.6) is 0 Å². The first-order valence-electron chi connectivity index (χ1n) is 5.11. The second kappa shape index (κ2) is 4.61. The Morgan fingerprint density at radius 1 is 1.24 bits per heavy atom. The van der Waals surface area contributed by atoms with Gasteiger partial charge in [-0.05, 0) is 19.1 Å². The number of carbonyl (C=O) groups excluding carboxylic acids is 1. The summed E-state index contributed by atoms with van der Waals surface area (Å²) in [7, 11) is 0. The van der Waals surface area contributed by atoms with Gasteiger partial charge in [0, 0.05) is 11.3 Å². The van der Waals surface area contributed by atoms with Crippen molar-refractivity contribution >= 4 is 23.1 Å². The second-order valence-corrected chi connectivity index (χ2v) is 3.59. The SMILES string of the molecule is CC(=O)c1cccc(Nc2cnc(N)nc2)c1. The molecule has 0 aliphatic rings. The van der Waals surface area contributed by atoms with E-state index in [1.54, 1.807) is 24.5 Å². The van der Waals surface area contributed by atoms with Gasteiger partial charge in [0.25, 0.3) is 0 Å². The van der Waals surface area contributed by atoms with E-state index in [4.69, 9.17) is 5.73 Å². The maximum atomic E-state index is 11.2. The highest BCUT2D eigenvalue weighted by Crippen LogP contribution is 2.16. The number of nitrogens with zero attached hydrogens (tertiary/aromatic N) is 2. The largest absolute Gasteiger partial charge is 0.368 e. The summed E-state index contributed by atoms with van der Waals surface area (Å²) in [6.07, 6.45) is 3.17. The van der Waals surface area contributed by atoms with E-state index < -0.39 is 0 Å². The Kier molecular flexibility index (Phi) is 3.00. The molecular formula is C12H12N4O. The molecule has 0 aliphatic carbocycles. The number of aromatic nitrogens is 2. The molecular weight excluding hydrogens is 216 g/mol. The lowest BCUT2D eigenvalue weighted by Crippen LogP contribution is -1.98. The third-order valence-electron chi connectivity index (χ3n) is 2.23. The van der Waals surface area contributed by atoms with Crippen LogP contribution < -0.4 is 11.1 Å². The Balaban J connectivity index is 2.21. The van der Waals surface area contributed by atoms with Gasteiger partial charge in [-0.15, -0.1) is 0 Å². The molecule has 0 aliphatic heterocycles. The van der Waals surface area contributed by atoms with Crippen molar-refractivity contribution in [2.45, 2.75) is 6.92 Å². The summed E-state index contributed by atoms with van der Waals surface area (Å²) in [5.74, 6) is 0.259. The van der Waals surface area contributed by atoms with Crippen molar-refractivity contribution in [3.8, 4) is 0 Å². The van der Waals surface area contributed by atoms with Gasteiger partial charge in [-0.1, -0.05) is 12.1 Å². The van der Waals surface area contributed by atoms with Crippen LogP contribution in [0.2, 0.25) is 0 Å². The molecule has 2 aromatic rings. The van der Waals surface area contributed by atoms with E-state index in [0.717, 1.165) is 11.4 Å². The Hall–Kier alpha value is -2.43. The fraction of sp³-hybridized carbons (Fsp3) is 0.0833. The monoisotopic (exact) mass is 228 g/mol. The quantitative estimate of drug-likeness (QED) is 0.785. The average molecular weight is 228 g/mol. The number of ketones is 1. The van der Waals surface area contributed by atoms with E-state index in [1.165, 1.54) is 6.92 Å². The van der Waals surface area contributed by atoms with Crippen molar-refractivity contribution in [3.63, 3.8) is 0 Å². The molecule has 0 fully saturated rings. The molecule has 86 valence electrons. The third kappa shape index (κ3) is 2.78. The molecule has 1 heterocycles. The van der Waals surface area contributed by atoms with Gasteiger partial charge in [-0.3, -0.25) is 4.79 Å². The van der Waals surface area contributed by atoms with Crippen LogP contribution in [0.4, 0.5) is 17.3 Å². The van der Waals surface area contributed by atoms with Gasteiger partial charge < -0.3 is 11.1 Å². The van der Waals surface area contributed by atoms with Crippen LogP contribution in [0.25, 0.3) is 0 Å². The summed E-state index contributed by atoms with van der Waals surface area (Å²) in [6.45, 7) is 1.53. The van der Waals surface area contributed by atoms with Gasteiger partial charge in [0.05, 0.1) is 18.1 Å². The summed E-state index contributed by atoms with van der Waals surface area (Å²) >= 11 is 0. The number of carbonyl (C=O) groups is 1. The zero-order valence-electron chi connectivity index (χ0n) is 9.34. The lowest BCUT2D eigenvalue weighted by atomic mass is 10.1. The standard InChI is InChI=1S/C12H12N4O/c1-8(17)9-3-2-4-10(5-9)16-11-6-14-12(13)15-7-11/h2-7,16H,1H3,(H2,13,14,15). The van der Waals surface area contributed by atoms with Crippen LogP contribution >= 0.6 is 0 Å². The zero-order valence-corrected chi connectivity index (χ0v) is 9.34. The van der Waals surface area contributed by atoms with Crippen LogP contribution in [0, 0.1) is 0 Å². The lowest BCUT2D eigenvalue weighted by Gasteiger charge is -2.06. The molecule has 2 rings (SSSR count). The highest BCUT2D eigenvalue weighted by atomic mass is 16.1. The number of nitrogens with one attached hydrogen (secondary N) is 1. The second-order valence-electron chi connectivity index (χ2n) is 3.59. The number of nitrogens with two attached hydrogens (primary N) is 1. The minimum absolute atomic E-state index is 0.0298. The first kappa shape index (κ1) is 11.1. The van der Waals surface area contributed by atoms with E-state index in [9.17, 15) is 4.79 Å². The van der Waals surface area contributed by atoms with E-state index in [1.807, 2.05) is 12.1 Å². The van der Waals surface area contributed by atoms with Crippen molar-refractivity contribution in [1.29, 1.82) is 0 Å². The summed E-state index contributed by atoms with van der Waals surface area (Å²) in [6, 6.07) is 7.23. The molecule has 0 spiro atoms. The van der Waals surface area contributed by atoms with Gasteiger partial charge in [0.2, 0.25) is 5.95 Å². The molecule has 1 aromatic heterocycles. The third-order valence-corrected chi connectivity index (χ3v) is 2.23. The van der Waals surface area contributed by atoms with Gasteiger partial charge in [-0.25, -0.2) is 9.97 Å². The molecule has 0 atom stereocenters. The fourth-order valence-corrected chi connectivity index (χ4v) is 1.39. The van der Waals surface area contributed by atoms with E-state index in [2.05, 4.69) is 15.3 Å². The van der Waals surface area contributed by atoms with Crippen LogP contribution in [0.1, 0.15) is 17.3 Å². The number of rotatable bonds is 3. The summed E-state index contributed by atoms with van der Waals surface area (Å²) < 4.78 is 0. The number of hydrogen-bond acceptors (Lipinski definition) is 5. The Labute approximate surface area is 98.7 Å². The van der Waals surface area contributed by atoms with Gasteiger partial charge in [-0.2, -0.15) is 0 Å². The van der Waals surface area contributed by atoms with Crippen LogP contribution in [0.15, 0.2) is 36.7 Å². The van der Waals surface area contributed by atoms with Crippen molar-refractivity contribution in [2.75, 3.05) is 11.1 Å². The van der Waals surface area contributed by atoms with E-state index in [0.29, 0.717) is 5.56 Å². The highest BCUT2D eigenvalue weighted by Gasteiger charge is 2.01. The normalized spacial score (nSPS) is 9.94. The van der Waals surface area contributed by atoms with Gasteiger partial charge in [0.15, 0.2) is 5.78 Å². The van der Waals surface area contributed by atoms with Gasteiger partial charge >= 0.3 is 0 Å². The predicted molar refractivity (Wildman–Crippen MR) is 66.2 cm³/mol. The average Bonchev–Trinajstić information content (AvgIpc) is 2.32. The smallest absolute Gasteiger partial charge is 0.220 e. The van der Waals surface area contributed by atoms with Crippen molar-refractivity contribution in [2.24, 2.45) is 0 Å². The molecule has 0 saturated carbocycles. The van der Waals surface area contributed by atoms with Crippen LogP contribution in [-0.2, 0) is 0 Å². The summed E-state index contributed by atoms with van der Waals surface area (Å²) in [4.78, 5) is 19.0. The molecule has 17 heavy (non-hydrogen) atoms. The molecule has 3 N–H and O–H groups in total. The summed E-state index contributed by atoms with van der Waals surface area (Å²) in [5, 5.41) is 3.09. The van der Waals surface area contributed by atoms with Gasteiger partial charge in [0.1, 0.15) is 0 Å². The maximum Gasteiger partial charge on any atom is 0.220 e. The minimum Gasteiger partial charge on any atom is -0.368 e. The molecule has 0 amide bonds. The molecule has 0 saturated heterocycles. The van der Waals surface area contributed by atoms with E-state index >= 15 is 0 Å². The molecule has 0 radical (unpaired) electrons. The molecule has 5 nitrogen and oxygen atoms in total. The zero-order chi connectivity index (χ0) is 12.3. The first-order chi connectivity index (χ1) is 8.15.